The third-order valence-electron chi connectivity index (χ3n) is 6.02. The van der Waals surface area contributed by atoms with Crippen LogP contribution in [0.15, 0.2) is 36.5 Å². The monoisotopic (exact) mass is 407 g/mol. The van der Waals surface area contributed by atoms with Crippen molar-refractivity contribution in [1.82, 2.24) is 19.8 Å². The number of pyridine rings is 1. The Morgan fingerprint density at radius 1 is 1.17 bits per heavy atom. The third kappa shape index (κ3) is 3.54. The molecule has 2 aromatic heterocycles. The molecule has 150 valence electrons. The highest BCUT2D eigenvalue weighted by atomic mass is 32.1. The number of benzene rings is 1. The highest BCUT2D eigenvalue weighted by molar-refractivity contribution is 7.18. The van der Waals surface area contributed by atoms with Crippen molar-refractivity contribution in [2.75, 3.05) is 44.7 Å². The molecular formula is C22H25N5OS. The van der Waals surface area contributed by atoms with Crippen LogP contribution in [0, 0.1) is 0 Å². The molecule has 0 N–H and O–H groups in total. The normalized spacial score (nSPS) is 20.3. The number of para-hydroxylation sites is 1. The predicted molar refractivity (Wildman–Crippen MR) is 116 cm³/mol. The average molecular weight is 408 g/mol. The van der Waals surface area contributed by atoms with Gasteiger partial charge in [-0.05, 0) is 25.2 Å². The van der Waals surface area contributed by atoms with Crippen molar-refractivity contribution in [3.05, 3.63) is 52.8 Å². The molecule has 3 aromatic rings. The maximum atomic E-state index is 12.1. The summed E-state index contributed by atoms with van der Waals surface area (Å²) < 4.78 is 1.22. The molecule has 0 saturated carbocycles. The Balaban J connectivity index is 1.35. The van der Waals surface area contributed by atoms with Crippen LogP contribution >= 0.6 is 11.3 Å². The summed E-state index contributed by atoms with van der Waals surface area (Å²) in [5.41, 5.74) is 4.39. The summed E-state index contributed by atoms with van der Waals surface area (Å²) >= 11 is 1.74. The quantitative estimate of drug-likeness (QED) is 0.606. The highest BCUT2D eigenvalue weighted by Crippen LogP contribution is 2.38. The van der Waals surface area contributed by atoms with Crippen molar-refractivity contribution in [3.8, 4) is 0 Å². The number of carbonyl (C=O) groups excluding carboxylic acids is 1. The number of likely N-dealkylation sites (N-methyl/N-ethyl adjacent to an activating group) is 1. The largest absolute Gasteiger partial charge is 0.369 e. The van der Waals surface area contributed by atoms with Gasteiger partial charge in [0.2, 0.25) is 0 Å². The van der Waals surface area contributed by atoms with E-state index in [4.69, 9.17) is 4.98 Å². The standard InChI is InChI=1S/C22H25N5OS/c1-25-10-12-26(13-11-25)18-6-8-23-17-14-27(19(15-28)22(17)18)9-7-21-24-16-4-2-3-5-20(16)29-21/h2-6,8,15,19H,7,9-14H2,1H3. The Bertz CT molecular complexity index is 994. The summed E-state index contributed by atoms with van der Waals surface area (Å²) in [7, 11) is 2.16. The second-order valence-corrected chi connectivity index (χ2v) is 8.97. The fourth-order valence-corrected chi connectivity index (χ4v) is 5.34. The van der Waals surface area contributed by atoms with E-state index in [9.17, 15) is 4.79 Å². The second-order valence-electron chi connectivity index (χ2n) is 7.86. The molecule has 5 rings (SSSR count). The second kappa shape index (κ2) is 7.82. The van der Waals surface area contributed by atoms with Crippen LogP contribution in [-0.2, 0) is 17.8 Å². The van der Waals surface area contributed by atoms with E-state index in [1.807, 2.05) is 12.3 Å². The lowest BCUT2D eigenvalue weighted by molar-refractivity contribution is -0.112. The van der Waals surface area contributed by atoms with Crippen molar-refractivity contribution in [3.63, 3.8) is 0 Å². The average Bonchev–Trinajstić information content (AvgIpc) is 3.33. The van der Waals surface area contributed by atoms with Gasteiger partial charge in [-0.2, -0.15) is 0 Å². The summed E-state index contributed by atoms with van der Waals surface area (Å²) in [5, 5.41) is 1.12. The Hall–Kier alpha value is -2.35. The first-order chi connectivity index (χ1) is 14.2. The van der Waals surface area contributed by atoms with Crippen LogP contribution in [-0.4, -0.2) is 65.8 Å². The molecule has 29 heavy (non-hydrogen) atoms. The van der Waals surface area contributed by atoms with Gasteiger partial charge in [0.1, 0.15) is 6.29 Å². The van der Waals surface area contributed by atoms with Crippen molar-refractivity contribution in [1.29, 1.82) is 0 Å². The van der Waals surface area contributed by atoms with Gasteiger partial charge in [-0.15, -0.1) is 11.3 Å². The first kappa shape index (κ1) is 18.7. The Morgan fingerprint density at radius 3 is 2.79 bits per heavy atom. The van der Waals surface area contributed by atoms with Gasteiger partial charge in [0.05, 0.1) is 27.0 Å². The van der Waals surface area contributed by atoms with Crippen LogP contribution < -0.4 is 4.90 Å². The van der Waals surface area contributed by atoms with Gasteiger partial charge in [0.25, 0.3) is 0 Å². The SMILES string of the molecule is CN1CCN(c2ccnc3c2C(C=O)N(CCc2nc4ccccc4s2)C3)CC1. The molecule has 1 saturated heterocycles. The van der Waals surface area contributed by atoms with E-state index in [2.05, 4.69) is 51.0 Å². The minimum absolute atomic E-state index is 0.220. The number of carbonyl (C=O) groups is 1. The molecule has 1 atom stereocenters. The molecule has 1 fully saturated rings. The molecule has 0 bridgehead atoms. The number of piperazine rings is 1. The van der Waals surface area contributed by atoms with E-state index < -0.39 is 0 Å². The smallest absolute Gasteiger partial charge is 0.141 e. The van der Waals surface area contributed by atoms with Gasteiger partial charge in [0, 0.05) is 63.1 Å². The van der Waals surface area contributed by atoms with Crippen molar-refractivity contribution in [2.24, 2.45) is 0 Å². The van der Waals surface area contributed by atoms with Crippen molar-refractivity contribution >= 4 is 33.5 Å². The third-order valence-corrected chi connectivity index (χ3v) is 7.11. The molecular weight excluding hydrogens is 382 g/mol. The molecule has 7 heteroatoms. The zero-order valence-electron chi connectivity index (χ0n) is 16.6. The number of rotatable bonds is 5. The lowest BCUT2D eigenvalue weighted by atomic mass is 10.1. The Labute approximate surface area is 174 Å². The fraction of sp³-hybridized carbons (Fsp3) is 0.409. The lowest BCUT2D eigenvalue weighted by Gasteiger charge is -2.35. The summed E-state index contributed by atoms with van der Waals surface area (Å²) in [6.07, 6.45) is 3.83. The molecule has 1 aromatic carbocycles. The molecule has 0 amide bonds. The molecule has 2 aliphatic rings. The van der Waals surface area contributed by atoms with E-state index >= 15 is 0 Å². The number of aldehydes is 1. The van der Waals surface area contributed by atoms with Crippen LogP contribution in [0.5, 0.6) is 0 Å². The number of aromatic nitrogens is 2. The number of hydrogen-bond acceptors (Lipinski definition) is 7. The van der Waals surface area contributed by atoms with Crippen molar-refractivity contribution < 1.29 is 4.79 Å². The first-order valence-corrected chi connectivity index (χ1v) is 11.0. The predicted octanol–water partition coefficient (Wildman–Crippen LogP) is 2.74. The van der Waals surface area contributed by atoms with E-state index in [0.717, 1.165) is 73.8 Å². The molecule has 1 unspecified atom stereocenters. The molecule has 4 heterocycles. The molecule has 2 aliphatic heterocycles. The van der Waals surface area contributed by atoms with E-state index in [1.54, 1.807) is 11.3 Å². The van der Waals surface area contributed by atoms with Gasteiger partial charge in [-0.1, -0.05) is 12.1 Å². The van der Waals surface area contributed by atoms with Crippen LogP contribution in [0.3, 0.4) is 0 Å². The zero-order chi connectivity index (χ0) is 19.8. The van der Waals surface area contributed by atoms with Gasteiger partial charge in [-0.3, -0.25) is 9.88 Å². The number of thiazole rings is 1. The van der Waals surface area contributed by atoms with Gasteiger partial charge >= 0.3 is 0 Å². The number of nitrogens with zero attached hydrogens (tertiary/aromatic N) is 5. The van der Waals surface area contributed by atoms with E-state index in [-0.39, 0.29) is 6.04 Å². The molecule has 0 radical (unpaired) electrons. The van der Waals surface area contributed by atoms with Gasteiger partial charge in [-0.25, -0.2) is 4.98 Å². The first-order valence-electron chi connectivity index (χ1n) is 10.2. The maximum absolute atomic E-state index is 12.1. The van der Waals surface area contributed by atoms with Gasteiger partial charge in [0.15, 0.2) is 0 Å². The number of anilines is 1. The highest BCUT2D eigenvalue weighted by Gasteiger charge is 2.34. The Kier molecular flexibility index (Phi) is 5.03. The number of hydrogen-bond donors (Lipinski definition) is 0. The van der Waals surface area contributed by atoms with Gasteiger partial charge < -0.3 is 14.6 Å². The summed E-state index contributed by atoms with van der Waals surface area (Å²) in [4.78, 5) is 28.5. The summed E-state index contributed by atoms with van der Waals surface area (Å²) in [6.45, 7) is 5.61. The van der Waals surface area contributed by atoms with Crippen LogP contribution in [0.25, 0.3) is 10.2 Å². The molecule has 6 nitrogen and oxygen atoms in total. The summed E-state index contributed by atoms with van der Waals surface area (Å²) in [6, 6.07) is 10.1. The fourth-order valence-electron chi connectivity index (χ4n) is 4.39. The van der Waals surface area contributed by atoms with Crippen LogP contribution in [0.4, 0.5) is 5.69 Å². The lowest BCUT2D eigenvalue weighted by Crippen LogP contribution is -2.45. The minimum Gasteiger partial charge on any atom is -0.369 e. The Morgan fingerprint density at radius 2 is 2.00 bits per heavy atom. The van der Waals surface area contributed by atoms with E-state index in [1.165, 1.54) is 10.4 Å². The molecule has 0 aliphatic carbocycles. The topological polar surface area (TPSA) is 52.6 Å². The zero-order valence-corrected chi connectivity index (χ0v) is 17.4. The minimum atomic E-state index is -0.220. The molecule has 0 spiro atoms. The van der Waals surface area contributed by atoms with Crippen molar-refractivity contribution in [2.45, 2.75) is 19.0 Å². The summed E-state index contributed by atoms with van der Waals surface area (Å²) in [5.74, 6) is 0. The van der Waals surface area contributed by atoms with Crippen LogP contribution in [0.1, 0.15) is 22.3 Å². The van der Waals surface area contributed by atoms with E-state index in [0.29, 0.717) is 0 Å². The van der Waals surface area contributed by atoms with Crippen LogP contribution in [0.2, 0.25) is 0 Å². The number of fused-ring (bicyclic) bond motifs is 2. The maximum Gasteiger partial charge on any atom is 0.141 e.